The molecule has 1 unspecified atom stereocenters. The number of carboxylic acid groups (broad SMARTS) is 1. The monoisotopic (exact) mass is 404 g/mol. The first-order valence-electron chi connectivity index (χ1n) is 11.6. The molecule has 0 aliphatic carbocycles. The van der Waals surface area contributed by atoms with Gasteiger partial charge in [-0.25, -0.2) is 4.79 Å². The number of hydrogen-bond donors (Lipinski definition) is 1. The number of unbranched alkanes of at least 4 members (excludes halogenated alkanes) is 13. The van der Waals surface area contributed by atoms with Crippen molar-refractivity contribution in [3.63, 3.8) is 0 Å². The van der Waals surface area contributed by atoms with Gasteiger partial charge in [0.15, 0.2) is 6.10 Å². The summed E-state index contributed by atoms with van der Waals surface area (Å²) < 4.78 is 5.59. The molecule has 0 heterocycles. The first kappa shape index (κ1) is 25.4. The molecule has 1 rings (SSSR count). The highest BCUT2D eigenvalue weighted by Gasteiger charge is 2.17. The number of aliphatic carboxylic acids is 1. The standard InChI is InChI=1S/C25H40O4/c26-21-17-12-10-8-6-4-2-1-3-5-7-9-11-16-20-24(25(27)28)29-22-23-18-14-13-15-19-23/h13-15,18-19,21,24H,1-12,16-17,20,22H2,(H,27,28). The Morgan fingerprint density at radius 1 is 0.793 bits per heavy atom. The molecular formula is C25H40O4. The highest BCUT2D eigenvalue weighted by atomic mass is 16.5. The molecule has 1 aromatic carbocycles. The van der Waals surface area contributed by atoms with E-state index in [-0.39, 0.29) is 0 Å². The van der Waals surface area contributed by atoms with E-state index in [0.717, 1.165) is 37.5 Å². The lowest BCUT2D eigenvalue weighted by Crippen LogP contribution is -2.23. The lowest BCUT2D eigenvalue weighted by Gasteiger charge is -2.13. The average molecular weight is 405 g/mol. The van der Waals surface area contributed by atoms with E-state index < -0.39 is 12.1 Å². The molecule has 4 heteroatoms. The molecule has 0 amide bonds. The number of rotatable bonds is 20. The van der Waals surface area contributed by atoms with Crippen LogP contribution in [0.1, 0.15) is 102 Å². The molecule has 0 fully saturated rings. The topological polar surface area (TPSA) is 63.6 Å². The largest absolute Gasteiger partial charge is 0.479 e. The number of hydrogen-bond acceptors (Lipinski definition) is 3. The van der Waals surface area contributed by atoms with Crippen LogP contribution in [0.5, 0.6) is 0 Å². The van der Waals surface area contributed by atoms with Gasteiger partial charge in [-0.1, -0.05) is 107 Å². The normalized spacial score (nSPS) is 12.0. The van der Waals surface area contributed by atoms with Crippen molar-refractivity contribution in [2.24, 2.45) is 0 Å². The SMILES string of the molecule is O=CCCCCCCCCCCCCCCCC(OCc1ccccc1)C(=O)O. The van der Waals surface area contributed by atoms with Crippen molar-refractivity contribution in [1.82, 2.24) is 0 Å². The van der Waals surface area contributed by atoms with Gasteiger partial charge in [-0.2, -0.15) is 0 Å². The van der Waals surface area contributed by atoms with E-state index in [4.69, 9.17) is 4.74 Å². The summed E-state index contributed by atoms with van der Waals surface area (Å²) in [6.45, 7) is 0.358. The molecule has 0 aromatic heterocycles. The van der Waals surface area contributed by atoms with Crippen LogP contribution in [0.4, 0.5) is 0 Å². The zero-order valence-electron chi connectivity index (χ0n) is 18.0. The smallest absolute Gasteiger partial charge is 0.332 e. The molecule has 1 N–H and O–H groups in total. The minimum Gasteiger partial charge on any atom is -0.479 e. The number of ether oxygens (including phenoxy) is 1. The first-order valence-corrected chi connectivity index (χ1v) is 11.6. The second-order valence-corrected chi connectivity index (χ2v) is 7.96. The molecule has 4 nitrogen and oxygen atoms in total. The lowest BCUT2D eigenvalue weighted by molar-refractivity contribution is -0.151. The minimum absolute atomic E-state index is 0.358. The number of aldehydes is 1. The summed E-state index contributed by atoms with van der Waals surface area (Å²) in [5, 5.41) is 9.33. The molecule has 0 saturated heterocycles. The quantitative estimate of drug-likeness (QED) is 0.194. The maximum Gasteiger partial charge on any atom is 0.332 e. The van der Waals surface area contributed by atoms with E-state index in [9.17, 15) is 14.7 Å². The fourth-order valence-corrected chi connectivity index (χ4v) is 3.55. The summed E-state index contributed by atoms with van der Waals surface area (Å²) in [6.07, 6.45) is 17.4. The van der Waals surface area contributed by atoms with Crippen molar-refractivity contribution in [2.75, 3.05) is 0 Å². The Morgan fingerprint density at radius 2 is 1.28 bits per heavy atom. The molecule has 0 bridgehead atoms. The third-order valence-corrected chi connectivity index (χ3v) is 5.36. The summed E-state index contributed by atoms with van der Waals surface area (Å²) in [7, 11) is 0. The van der Waals surface area contributed by atoms with Gasteiger partial charge >= 0.3 is 5.97 Å². The van der Waals surface area contributed by atoms with Gasteiger partial charge in [0, 0.05) is 6.42 Å². The van der Waals surface area contributed by atoms with Gasteiger partial charge in [-0.05, 0) is 18.4 Å². The molecule has 29 heavy (non-hydrogen) atoms. The first-order chi connectivity index (χ1) is 14.2. The Kier molecular flexibility index (Phi) is 16.0. The summed E-state index contributed by atoms with van der Waals surface area (Å²) in [5.41, 5.74) is 1.01. The molecule has 0 radical (unpaired) electrons. The van der Waals surface area contributed by atoms with E-state index in [1.54, 1.807) is 0 Å². The third-order valence-electron chi connectivity index (χ3n) is 5.36. The maximum atomic E-state index is 11.4. The van der Waals surface area contributed by atoms with Crippen LogP contribution in [0.3, 0.4) is 0 Å². The van der Waals surface area contributed by atoms with Crippen LogP contribution >= 0.6 is 0 Å². The number of carboxylic acids is 1. The second kappa shape index (κ2) is 18.4. The van der Waals surface area contributed by atoms with Gasteiger partial charge in [-0.3, -0.25) is 0 Å². The number of carbonyl (C=O) groups is 2. The Bertz CT molecular complexity index is 515. The van der Waals surface area contributed by atoms with Crippen LogP contribution in [0.15, 0.2) is 30.3 Å². The van der Waals surface area contributed by atoms with Crippen molar-refractivity contribution >= 4 is 12.3 Å². The van der Waals surface area contributed by atoms with Gasteiger partial charge in [0.05, 0.1) is 6.61 Å². The Hall–Kier alpha value is -1.68. The fourth-order valence-electron chi connectivity index (χ4n) is 3.55. The molecular weight excluding hydrogens is 364 g/mol. The summed E-state index contributed by atoms with van der Waals surface area (Å²) >= 11 is 0. The molecule has 1 aromatic rings. The second-order valence-electron chi connectivity index (χ2n) is 7.96. The van der Waals surface area contributed by atoms with Crippen LogP contribution < -0.4 is 0 Å². The van der Waals surface area contributed by atoms with Crippen LogP contribution in [0.2, 0.25) is 0 Å². The number of carbonyl (C=O) groups excluding carboxylic acids is 1. The van der Waals surface area contributed by atoms with Crippen molar-refractivity contribution in [3.8, 4) is 0 Å². The van der Waals surface area contributed by atoms with Crippen LogP contribution in [-0.4, -0.2) is 23.5 Å². The average Bonchev–Trinajstić information content (AvgIpc) is 2.73. The summed E-state index contributed by atoms with van der Waals surface area (Å²) in [4.78, 5) is 21.6. The highest BCUT2D eigenvalue weighted by Crippen LogP contribution is 2.15. The molecule has 0 spiro atoms. The summed E-state index contributed by atoms with van der Waals surface area (Å²) in [5.74, 6) is -0.857. The predicted molar refractivity (Wildman–Crippen MR) is 118 cm³/mol. The van der Waals surface area contributed by atoms with Crippen molar-refractivity contribution in [1.29, 1.82) is 0 Å². The Morgan fingerprint density at radius 3 is 1.76 bits per heavy atom. The van der Waals surface area contributed by atoms with E-state index in [0.29, 0.717) is 13.0 Å². The van der Waals surface area contributed by atoms with Crippen LogP contribution in [-0.2, 0) is 20.9 Å². The van der Waals surface area contributed by atoms with E-state index in [1.165, 1.54) is 64.2 Å². The van der Waals surface area contributed by atoms with Gasteiger partial charge < -0.3 is 14.6 Å². The number of benzene rings is 1. The van der Waals surface area contributed by atoms with Crippen molar-refractivity contribution in [2.45, 2.75) is 109 Å². The van der Waals surface area contributed by atoms with E-state index in [1.807, 2.05) is 30.3 Å². The molecule has 0 saturated carbocycles. The zero-order valence-corrected chi connectivity index (χ0v) is 18.0. The molecule has 164 valence electrons. The van der Waals surface area contributed by atoms with Crippen LogP contribution in [0.25, 0.3) is 0 Å². The molecule has 1 atom stereocenters. The van der Waals surface area contributed by atoms with E-state index >= 15 is 0 Å². The van der Waals surface area contributed by atoms with Gasteiger partial charge in [0.2, 0.25) is 0 Å². The predicted octanol–water partition coefficient (Wildman–Crippen LogP) is 6.71. The van der Waals surface area contributed by atoms with Gasteiger partial charge in [0.1, 0.15) is 6.29 Å². The fraction of sp³-hybridized carbons (Fsp3) is 0.680. The van der Waals surface area contributed by atoms with Gasteiger partial charge in [0.25, 0.3) is 0 Å². The Labute approximate surface area is 177 Å². The highest BCUT2D eigenvalue weighted by molar-refractivity contribution is 5.72. The van der Waals surface area contributed by atoms with Crippen molar-refractivity contribution in [3.05, 3.63) is 35.9 Å². The van der Waals surface area contributed by atoms with Crippen LogP contribution in [0, 0.1) is 0 Å². The Balaban J connectivity index is 1.90. The molecule has 0 aliphatic rings. The van der Waals surface area contributed by atoms with Gasteiger partial charge in [-0.15, -0.1) is 0 Å². The third kappa shape index (κ3) is 14.9. The zero-order chi connectivity index (χ0) is 21.0. The lowest BCUT2D eigenvalue weighted by atomic mass is 10.0. The van der Waals surface area contributed by atoms with Crippen molar-refractivity contribution < 1.29 is 19.4 Å². The maximum absolute atomic E-state index is 11.4. The minimum atomic E-state index is -0.857. The molecule has 0 aliphatic heterocycles. The summed E-state index contributed by atoms with van der Waals surface area (Å²) in [6, 6.07) is 9.72. The van der Waals surface area contributed by atoms with E-state index in [2.05, 4.69) is 0 Å².